The van der Waals surface area contributed by atoms with Crippen LogP contribution in [0.5, 0.6) is 0 Å². The summed E-state index contributed by atoms with van der Waals surface area (Å²) in [6.45, 7) is 4.64. The smallest absolute Gasteiger partial charge is 0.245 e. The van der Waals surface area contributed by atoms with Crippen molar-refractivity contribution in [2.75, 3.05) is 6.54 Å². The number of nitrogens with one attached hydrogen (secondary N) is 1. The monoisotopic (exact) mass is 280 g/mol. The molecule has 1 N–H and O–H groups in total. The molecule has 0 aromatic heterocycles. The molecule has 1 aliphatic heterocycles. The second-order valence-electron chi connectivity index (χ2n) is 6.35. The summed E-state index contributed by atoms with van der Waals surface area (Å²) in [6, 6.07) is -0.603. The summed E-state index contributed by atoms with van der Waals surface area (Å²) in [4.78, 5) is 26.2. The molecule has 20 heavy (non-hydrogen) atoms. The van der Waals surface area contributed by atoms with E-state index in [2.05, 4.69) is 5.32 Å². The van der Waals surface area contributed by atoms with E-state index in [4.69, 9.17) is 0 Å². The van der Waals surface area contributed by atoms with Crippen molar-refractivity contribution in [3.63, 3.8) is 0 Å². The predicted molar refractivity (Wildman–Crippen MR) is 79.2 cm³/mol. The average Bonchev–Trinajstić information content (AvgIpc) is 2.46. The van der Waals surface area contributed by atoms with Crippen LogP contribution in [0.3, 0.4) is 0 Å². The molecule has 2 rings (SSSR count). The Morgan fingerprint density at radius 1 is 1.15 bits per heavy atom. The van der Waals surface area contributed by atoms with Gasteiger partial charge in [-0.15, -0.1) is 0 Å². The van der Waals surface area contributed by atoms with Gasteiger partial charge in [0.15, 0.2) is 0 Å². The molecular formula is C16H28N2O2. The highest BCUT2D eigenvalue weighted by Gasteiger charge is 2.37. The molecule has 4 nitrogen and oxygen atoms in total. The highest BCUT2D eigenvalue weighted by atomic mass is 16.2. The quantitative estimate of drug-likeness (QED) is 0.841. The largest absolute Gasteiger partial charge is 0.343 e. The van der Waals surface area contributed by atoms with Crippen LogP contribution in [0, 0.1) is 5.92 Å². The lowest BCUT2D eigenvalue weighted by molar-refractivity contribution is -0.149. The predicted octanol–water partition coefficient (Wildman–Crippen LogP) is 2.47. The van der Waals surface area contributed by atoms with Gasteiger partial charge >= 0.3 is 0 Å². The van der Waals surface area contributed by atoms with E-state index >= 15 is 0 Å². The summed E-state index contributed by atoms with van der Waals surface area (Å²) in [5.41, 5.74) is 0. The first-order valence-corrected chi connectivity index (χ1v) is 8.24. The molecule has 2 fully saturated rings. The Morgan fingerprint density at radius 3 is 2.50 bits per heavy atom. The first-order chi connectivity index (χ1) is 9.63. The Labute approximate surface area is 122 Å². The molecule has 2 aliphatic rings. The van der Waals surface area contributed by atoms with E-state index in [1.54, 1.807) is 0 Å². The molecule has 1 aliphatic carbocycles. The van der Waals surface area contributed by atoms with Gasteiger partial charge in [-0.05, 0) is 25.7 Å². The van der Waals surface area contributed by atoms with Crippen LogP contribution in [0.4, 0.5) is 0 Å². The zero-order valence-corrected chi connectivity index (χ0v) is 12.9. The summed E-state index contributed by atoms with van der Waals surface area (Å²) in [5, 5.41) is 2.85. The molecule has 0 aromatic rings. The maximum Gasteiger partial charge on any atom is 0.245 e. The van der Waals surface area contributed by atoms with E-state index in [0.717, 1.165) is 31.7 Å². The Morgan fingerprint density at radius 2 is 1.85 bits per heavy atom. The molecule has 114 valence electrons. The third-order valence-corrected chi connectivity index (χ3v) is 4.82. The summed E-state index contributed by atoms with van der Waals surface area (Å²) < 4.78 is 0. The van der Waals surface area contributed by atoms with Crippen LogP contribution >= 0.6 is 0 Å². The molecule has 0 aromatic carbocycles. The number of carbonyl (C=O) groups excluding carboxylic acids is 2. The van der Waals surface area contributed by atoms with Crippen molar-refractivity contribution in [1.82, 2.24) is 10.2 Å². The van der Waals surface area contributed by atoms with Crippen molar-refractivity contribution in [2.24, 2.45) is 5.92 Å². The fraction of sp³-hybridized carbons (Fsp3) is 0.875. The molecule has 2 amide bonds. The fourth-order valence-electron chi connectivity index (χ4n) is 3.47. The highest BCUT2D eigenvalue weighted by Crippen LogP contribution is 2.27. The number of carbonyl (C=O) groups is 2. The van der Waals surface area contributed by atoms with Crippen molar-refractivity contribution < 1.29 is 9.59 Å². The van der Waals surface area contributed by atoms with Gasteiger partial charge in [0.25, 0.3) is 0 Å². The molecule has 0 radical (unpaired) electrons. The number of hydrogen-bond acceptors (Lipinski definition) is 2. The molecule has 4 heteroatoms. The number of amides is 2. The van der Waals surface area contributed by atoms with Gasteiger partial charge in [-0.2, -0.15) is 0 Å². The van der Waals surface area contributed by atoms with Crippen molar-refractivity contribution in [1.29, 1.82) is 0 Å². The first kappa shape index (κ1) is 15.3. The minimum atomic E-state index is -0.306. The van der Waals surface area contributed by atoms with Crippen LogP contribution < -0.4 is 5.32 Å². The second kappa shape index (κ2) is 7.09. The zero-order valence-electron chi connectivity index (χ0n) is 12.9. The summed E-state index contributed by atoms with van der Waals surface area (Å²) in [6.07, 6.45) is 9.32. The number of piperazine rings is 1. The summed E-state index contributed by atoms with van der Waals surface area (Å²) in [7, 11) is 0. The molecule has 0 spiro atoms. The Kier molecular flexibility index (Phi) is 5.44. The number of hydrogen-bond donors (Lipinski definition) is 1. The minimum absolute atomic E-state index is 0.00620. The van der Waals surface area contributed by atoms with Crippen LogP contribution in [0.25, 0.3) is 0 Å². The molecule has 1 heterocycles. The third-order valence-electron chi connectivity index (χ3n) is 4.82. The van der Waals surface area contributed by atoms with Gasteiger partial charge in [0.1, 0.15) is 12.1 Å². The van der Waals surface area contributed by atoms with Gasteiger partial charge < -0.3 is 10.2 Å². The molecule has 0 bridgehead atoms. The van der Waals surface area contributed by atoms with E-state index in [1.165, 1.54) is 32.1 Å². The maximum absolute atomic E-state index is 12.5. The van der Waals surface area contributed by atoms with Gasteiger partial charge in [-0.3, -0.25) is 9.59 Å². The fourth-order valence-corrected chi connectivity index (χ4v) is 3.47. The van der Waals surface area contributed by atoms with Gasteiger partial charge in [0, 0.05) is 6.54 Å². The highest BCUT2D eigenvalue weighted by molar-refractivity contribution is 5.96. The maximum atomic E-state index is 12.5. The lowest BCUT2D eigenvalue weighted by Crippen LogP contribution is -2.62. The van der Waals surface area contributed by atoms with E-state index < -0.39 is 0 Å². The molecule has 1 saturated heterocycles. The lowest BCUT2D eigenvalue weighted by atomic mass is 9.86. The molecule has 1 saturated carbocycles. The first-order valence-electron chi connectivity index (χ1n) is 8.24. The van der Waals surface area contributed by atoms with E-state index in [9.17, 15) is 9.59 Å². The SMILES string of the molecule is CCCC1NC(=O)C(C)N(CCC2CCCCC2)C1=O. The number of nitrogens with zero attached hydrogens (tertiary/aromatic N) is 1. The standard InChI is InChI=1S/C16H28N2O2/c1-3-7-14-16(20)18(12(2)15(19)17-14)11-10-13-8-5-4-6-9-13/h12-14H,3-11H2,1-2H3,(H,17,19). The Hall–Kier alpha value is -1.06. The minimum Gasteiger partial charge on any atom is -0.343 e. The number of rotatable bonds is 5. The zero-order chi connectivity index (χ0) is 14.5. The molecular weight excluding hydrogens is 252 g/mol. The van der Waals surface area contributed by atoms with Crippen molar-refractivity contribution >= 4 is 11.8 Å². The van der Waals surface area contributed by atoms with Crippen molar-refractivity contribution in [3.8, 4) is 0 Å². The summed E-state index contributed by atoms with van der Waals surface area (Å²) >= 11 is 0. The van der Waals surface area contributed by atoms with Crippen molar-refractivity contribution in [2.45, 2.75) is 77.3 Å². The van der Waals surface area contributed by atoms with Crippen molar-refractivity contribution in [3.05, 3.63) is 0 Å². The molecule has 2 unspecified atom stereocenters. The second-order valence-corrected chi connectivity index (χ2v) is 6.35. The van der Waals surface area contributed by atoms with Crippen LogP contribution in [0.15, 0.2) is 0 Å². The van der Waals surface area contributed by atoms with Crippen LogP contribution in [-0.4, -0.2) is 35.3 Å². The summed E-state index contributed by atoms with van der Waals surface area (Å²) in [5.74, 6) is 0.875. The normalized spacial score (nSPS) is 28.6. The molecule has 2 atom stereocenters. The average molecular weight is 280 g/mol. The van der Waals surface area contributed by atoms with Crippen LogP contribution in [-0.2, 0) is 9.59 Å². The van der Waals surface area contributed by atoms with Gasteiger partial charge in [-0.25, -0.2) is 0 Å². The van der Waals surface area contributed by atoms with E-state index in [1.807, 2.05) is 18.7 Å². The Bertz CT molecular complexity index is 350. The third kappa shape index (κ3) is 3.53. The van der Waals surface area contributed by atoms with E-state index in [0.29, 0.717) is 0 Å². The van der Waals surface area contributed by atoms with Crippen LogP contribution in [0.2, 0.25) is 0 Å². The van der Waals surface area contributed by atoms with Gasteiger partial charge in [-0.1, -0.05) is 45.4 Å². The topological polar surface area (TPSA) is 49.4 Å². The van der Waals surface area contributed by atoms with Crippen LogP contribution in [0.1, 0.15) is 65.2 Å². The van der Waals surface area contributed by atoms with Gasteiger partial charge in [0.2, 0.25) is 11.8 Å². The van der Waals surface area contributed by atoms with E-state index in [-0.39, 0.29) is 23.9 Å². The lowest BCUT2D eigenvalue weighted by Gasteiger charge is -2.38. The van der Waals surface area contributed by atoms with Gasteiger partial charge in [0.05, 0.1) is 0 Å². The Balaban J connectivity index is 1.92.